The molecule has 4 heterocycles. The van der Waals surface area contributed by atoms with E-state index in [1.807, 2.05) is 31.4 Å². The van der Waals surface area contributed by atoms with Gasteiger partial charge >= 0.3 is 0 Å². The number of anilines is 2. The molecule has 4 aromatic rings. The highest BCUT2D eigenvalue weighted by atomic mass is 35.5. The van der Waals surface area contributed by atoms with Gasteiger partial charge in [-0.1, -0.05) is 11.6 Å². The van der Waals surface area contributed by atoms with Crippen LogP contribution >= 0.6 is 23.4 Å². The molecule has 0 aliphatic carbocycles. The van der Waals surface area contributed by atoms with Gasteiger partial charge in [0.15, 0.2) is 11.6 Å². The van der Waals surface area contributed by atoms with E-state index in [0.717, 1.165) is 10.5 Å². The second-order valence-corrected chi connectivity index (χ2v) is 6.55. The Labute approximate surface area is 152 Å². The lowest BCUT2D eigenvalue weighted by atomic mass is 10.3. The Hall–Kier alpha value is -2.71. The van der Waals surface area contributed by atoms with Crippen molar-refractivity contribution in [3.63, 3.8) is 0 Å². The van der Waals surface area contributed by atoms with E-state index in [1.165, 1.54) is 18.1 Å². The number of aromatic nitrogens is 6. The minimum Gasteiger partial charge on any atom is -0.322 e. The third-order valence-corrected chi connectivity index (χ3v) is 4.71. The SMILES string of the molecule is Cn1ccc(Nc2ncnc3ccc(Sc4ncccc4Cl)nc23)n1. The second-order valence-electron chi connectivity index (χ2n) is 5.13. The van der Waals surface area contributed by atoms with Crippen LogP contribution in [0, 0.1) is 0 Å². The van der Waals surface area contributed by atoms with Gasteiger partial charge in [0.05, 0.1) is 10.5 Å². The van der Waals surface area contributed by atoms with Crippen molar-refractivity contribution in [2.45, 2.75) is 10.1 Å². The maximum absolute atomic E-state index is 6.17. The molecule has 0 aliphatic heterocycles. The van der Waals surface area contributed by atoms with Gasteiger partial charge in [-0.2, -0.15) is 5.10 Å². The van der Waals surface area contributed by atoms with Crippen LogP contribution in [0.5, 0.6) is 0 Å². The monoisotopic (exact) mass is 369 g/mol. The van der Waals surface area contributed by atoms with Crippen LogP contribution in [-0.4, -0.2) is 29.7 Å². The largest absolute Gasteiger partial charge is 0.322 e. The quantitative estimate of drug-likeness (QED) is 0.587. The van der Waals surface area contributed by atoms with Gasteiger partial charge in [0, 0.05) is 25.5 Å². The summed E-state index contributed by atoms with van der Waals surface area (Å²) in [5.74, 6) is 1.29. The number of halogens is 1. The van der Waals surface area contributed by atoms with Crippen molar-refractivity contribution in [3.8, 4) is 0 Å². The molecule has 1 N–H and O–H groups in total. The molecule has 0 fully saturated rings. The van der Waals surface area contributed by atoms with E-state index < -0.39 is 0 Å². The molecule has 0 atom stereocenters. The molecule has 0 amide bonds. The van der Waals surface area contributed by atoms with Crippen molar-refractivity contribution in [1.29, 1.82) is 0 Å². The maximum Gasteiger partial charge on any atom is 0.161 e. The van der Waals surface area contributed by atoms with Crippen molar-refractivity contribution >= 4 is 46.0 Å². The van der Waals surface area contributed by atoms with Gasteiger partial charge in [-0.15, -0.1) is 0 Å². The van der Waals surface area contributed by atoms with Crippen LogP contribution < -0.4 is 5.32 Å². The highest BCUT2D eigenvalue weighted by molar-refractivity contribution is 7.99. The number of nitrogens with one attached hydrogen (secondary N) is 1. The molecular weight excluding hydrogens is 358 g/mol. The summed E-state index contributed by atoms with van der Waals surface area (Å²) in [6.45, 7) is 0. The van der Waals surface area contributed by atoms with E-state index in [4.69, 9.17) is 11.6 Å². The standard InChI is InChI=1S/C16H12ClN7S/c1-24-8-6-12(23-24)21-15-14-11(19-9-20-15)4-5-13(22-14)25-16-10(17)3-2-7-18-16/h2-9H,1H3,(H,19,20,21,23). The summed E-state index contributed by atoms with van der Waals surface area (Å²) in [6, 6.07) is 9.24. The van der Waals surface area contributed by atoms with Crippen LogP contribution in [-0.2, 0) is 7.05 Å². The number of hydrogen-bond acceptors (Lipinski definition) is 7. The zero-order valence-corrected chi connectivity index (χ0v) is 14.7. The summed E-state index contributed by atoms with van der Waals surface area (Å²) in [5.41, 5.74) is 1.40. The first-order valence-corrected chi connectivity index (χ1v) is 8.55. The molecule has 4 aromatic heterocycles. The van der Waals surface area contributed by atoms with E-state index >= 15 is 0 Å². The van der Waals surface area contributed by atoms with Crippen molar-refractivity contribution in [3.05, 3.63) is 54.1 Å². The molecule has 4 rings (SSSR count). The average molecular weight is 370 g/mol. The minimum absolute atomic E-state index is 0.588. The lowest BCUT2D eigenvalue weighted by Gasteiger charge is -2.07. The van der Waals surface area contributed by atoms with Crippen LogP contribution in [0.2, 0.25) is 5.02 Å². The van der Waals surface area contributed by atoms with Crippen molar-refractivity contribution in [1.82, 2.24) is 29.7 Å². The molecule has 7 nitrogen and oxygen atoms in total. The Kier molecular flexibility index (Phi) is 4.21. The molecule has 0 saturated heterocycles. The number of fused-ring (bicyclic) bond motifs is 1. The molecular formula is C16H12ClN7S. The topological polar surface area (TPSA) is 81.4 Å². The van der Waals surface area contributed by atoms with Gasteiger partial charge in [-0.05, 0) is 36.0 Å². The van der Waals surface area contributed by atoms with Crippen LogP contribution in [0.15, 0.2) is 59.1 Å². The highest BCUT2D eigenvalue weighted by Gasteiger charge is 2.10. The van der Waals surface area contributed by atoms with Crippen LogP contribution in [0.3, 0.4) is 0 Å². The van der Waals surface area contributed by atoms with Gasteiger partial charge in [0.1, 0.15) is 21.9 Å². The Morgan fingerprint density at radius 3 is 2.84 bits per heavy atom. The van der Waals surface area contributed by atoms with E-state index in [-0.39, 0.29) is 0 Å². The van der Waals surface area contributed by atoms with Crippen LogP contribution in [0.4, 0.5) is 11.6 Å². The van der Waals surface area contributed by atoms with E-state index in [0.29, 0.717) is 27.2 Å². The number of pyridine rings is 2. The molecule has 0 aromatic carbocycles. The zero-order chi connectivity index (χ0) is 17.2. The summed E-state index contributed by atoms with van der Waals surface area (Å²) in [7, 11) is 1.85. The zero-order valence-electron chi connectivity index (χ0n) is 13.1. The van der Waals surface area contributed by atoms with E-state index in [2.05, 4.69) is 30.4 Å². The Morgan fingerprint density at radius 1 is 1.12 bits per heavy atom. The number of rotatable bonds is 4. The predicted molar refractivity (Wildman–Crippen MR) is 97.2 cm³/mol. The van der Waals surface area contributed by atoms with Crippen molar-refractivity contribution in [2.24, 2.45) is 7.05 Å². The normalized spacial score (nSPS) is 11.0. The fraction of sp³-hybridized carbons (Fsp3) is 0.0625. The van der Waals surface area contributed by atoms with Gasteiger partial charge in [-0.25, -0.2) is 19.9 Å². The van der Waals surface area contributed by atoms with Crippen molar-refractivity contribution in [2.75, 3.05) is 5.32 Å². The minimum atomic E-state index is 0.588. The molecule has 9 heteroatoms. The highest BCUT2D eigenvalue weighted by Crippen LogP contribution is 2.31. The Morgan fingerprint density at radius 2 is 2.04 bits per heavy atom. The van der Waals surface area contributed by atoms with E-state index in [9.17, 15) is 0 Å². The maximum atomic E-state index is 6.17. The number of nitrogens with zero attached hydrogens (tertiary/aromatic N) is 6. The number of aryl methyl sites for hydroxylation is 1. The lowest BCUT2D eigenvalue weighted by molar-refractivity contribution is 0.771. The first kappa shape index (κ1) is 15.8. The lowest BCUT2D eigenvalue weighted by Crippen LogP contribution is -1.99. The molecule has 25 heavy (non-hydrogen) atoms. The number of hydrogen-bond donors (Lipinski definition) is 1. The molecule has 0 radical (unpaired) electrons. The first-order chi connectivity index (χ1) is 12.2. The fourth-order valence-electron chi connectivity index (χ4n) is 2.22. The molecule has 124 valence electrons. The molecule has 0 spiro atoms. The van der Waals surface area contributed by atoms with Crippen LogP contribution in [0.1, 0.15) is 0 Å². The molecule has 0 aliphatic rings. The van der Waals surface area contributed by atoms with Crippen LogP contribution in [0.25, 0.3) is 11.0 Å². The fourth-order valence-corrected chi connectivity index (χ4v) is 3.21. The van der Waals surface area contributed by atoms with Gasteiger partial charge in [-0.3, -0.25) is 4.68 Å². The first-order valence-electron chi connectivity index (χ1n) is 7.36. The Balaban J connectivity index is 1.71. The van der Waals surface area contributed by atoms with E-state index in [1.54, 1.807) is 23.0 Å². The third kappa shape index (κ3) is 3.40. The average Bonchev–Trinajstić information content (AvgIpc) is 3.02. The molecule has 0 unspecified atom stereocenters. The van der Waals surface area contributed by atoms with Crippen molar-refractivity contribution < 1.29 is 0 Å². The summed E-state index contributed by atoms with van der Waals surface area (Å²) >= 11 is 7.57. The molecule has 0 saturated carbocycles. The summed E-state index contributed by atoms with van der Waals surface area (Å²) in [5, 5.41) is 9.52. The summed E-state index contributed by atoms with van der Waals surface area (Å²) in [4.78, 5) is 17.5. The third-order valence-electron chi connectivity index (χ3n) is 3.34. The predicted octanol–water partition coefficient (Wildman–Crippen LogP) is 3.70. The van der Waals surface area contributed by atoms with Gasteiger partial charge in [0.25, 0.3) is 0 Å². The second kappa shape index (κ2) is 6.66. The van der Waals surface area contributed by atoms with Gasteiger partial charge in [0.2, 0.25) is 0 Å². The Bertz CT molecular complexity index is 1050. The van der Waals surface area contributed by atoms with Gasteiger partial charge < -0.3 is 5.32 Å². The summed E-state index contributed by atoms with van der Waals surface area (Å²) < 4.78 is 1.71. The molecule has 0 bridgehead atoms. The summed E-state index contributed by atoms with van der Waals surface area (Å²) in [6.07, 6.45) is 5.05. The smallest absolute Gasteiger partial charge is 0.161 e.